The van der Waals surface area contributed by atoms with Crippen molar-refractivity contribution < 1.29 is 23.6 Å². The first-order valence-electron chi connectivity index (χ1n) is 8.26. The summed E-state index contributed by atoms with van der Waals surface area (Å²) in [6, 6.07) is 7.87. The van der Waals surface area contributed by atoms with E-state index in [0.717, 1.165) is 44.2 Å². The average molecular weight is 329 g/mol. The molecule has 24 heavy (non-hydrogen) atoms. The van der Waals surface area contributed by atoms with Crippen molar-refractivity contribution in [3.63, 3.8) is 0 Å². The zero-order valence-electron chi connectivity index (χ0n) is 13.7. The summed E-state index contributed by atoms with van der Waals surface area (Å²) in [6.07, 6.45) is 1.57. The molecule has 0 atom stereocenters. The third-order valence-electron chi connectivity index (χ3n) is 4.74. The maximum Gasteiger partial charge on any atom is 0.257 e. The van der Waals surface area contributed by atoms with Crippen molar-refractivity contribution in [3.8, 4) is 11.5 Å². The van der Waals surface area contributed by atoms with Gasteiger partial charge in [0.15, 0.2) is 11.5 Å². The second kappa shape index (κ2) is 6.20. The van der Waals surface area contributed by atoms with Crippen LogP contribution in [0.15, 0.2) is 34.9 Å². The van der Waals surface area contributed by atoms with Gasteiger partial charge in [-0.25, -0.2) is 0 Å². The molecule has 6 heteroatoms. The van der Waals surface area contributed by atoms with Gasteiger partial charge in [0.2, 0.25) is 6.79 Å². The molecule has 0 saturated carbocycles. The Bertz CT molecular complexity index is 747. The fraction of sp³-hybridized carbons (Fsp3) is 0.389. The normalized spacial score (nSPS) is 17.3. The number of quaternary nitrogens is 1. The van der Waals surface area contributed by atoms with Crippen molar-refractivity contribution >= 4 is 5.91 Å². The van der Waals surface area contributed by atoms with Gasteiger partial charge in [0.25, 0.3) is 5.91 Å². The van der Waals surface area contributed by atoms with Gasteiger partial charge < -0.3 is 23.7 Å². The maximum absolute atomic E-state index is 12.5. The van der Waals surface area contributed by atoms with Crippen molar-refractivity contribution in [2.75, 3.05) is 33.0 Å². The van der Waals surface area contributed by atoms with Crippen molar-refractivity contribution in [3.05, 3.63) is 47.4 Å². The zero-order chi connectivity index (χ0) is 16.5. The number of aryl methyl sites for hydroxylation is 1. The molecule has 0 aliphatic carbocycles. The standard InChI is InChI=1S/C18H20N2O4/c1-13-15(4-9-22-13)18(21)20-7-5-19(6-8-20)11-14-2-3-16-17(10-14)24-12-23-16/h2-4,9-10H,5-8,11-12H2,1H3/p+1. The van der Waals surface area contributed by atoms with E-state index >= 15 is 0 Å². The summed E-state index contributed by atoms with van der Waals surface area (Å²) >= 11 is 0. The third-order valence-corrected chi connectivity index (χ3v) is 4.74. The smallest absolute Gasteiger partial charge is 0.257 e. The SMILES string of the molecule is Cc1occc1C(=O)N1CC[NH+](Cc2ccc3c(c2)OCO3)CC1. The van der Waals surface area contributed by atoms with Crippen molar-refractivity contribution in [2.45, 2.75) is 13.5 Å². The highest BCUT2D eigenvalue weighted by Crippen LogP contribution is 2.32. The molecule has 3 heterocycles. The minimum atomic E-state index is 0.0726. The van der Waals surface area contributed by atoms with Crippen LogP contribution < -0.4 is 14.4 Å². The summed E-state index contributed by atoms with van der Waals surface area (Å²) in [6.45, 7) is 6.48. The molecular formula is C18H21N2O4+. The van der Waals surface area contributed by atoms with Crippen molar-refractivity contribution in [1.29, 1.82) is 0 Å². The number of nitrogens with one attached hydrogen (secondary N) is 1. The van der Waals surface area contributed by atoms with Gasteiger partial charge in [-0.05, 0) is 31.2 Å². The van der Waals surface area contributed by atoms with E-state index in [1.807, 2.05) is 17.9 Å². The highest BCUT2D eigenvalue weighted by Gasteiger charge is 2.26. The van der Waals surface area contributed by atoms with Gasteiger partial charge in [0.05, 0.1) is 38.0 Å². The number of amides is 1. The lowest BCUT2D eigenvalue weighted by Gasteiger charge is -2.32. The van der Waals surface area contributed by atoms with E-state index < -0.39 is 0 Å². The summed E-state index contributed by atoms with van der Waals surface area (Å²) in [5, 5.41) is 0. The van der Waals surface area contributed by atoms with E-state index in [0.29, 0.717) is 18.1 Å². The summed E-state index contributed by atoms with van der Waals surface area (Å²) in [4.78, 5) is 15.9. The van der Waals surface area contributed by atoms with Crippen LogP contribution in [0.3, 0.4) is 0 Å². The van der Waals surface area contributed by atoms with Gasteiger partial charge in [0.1, 0.15) is 12.3 Å². The number of carbonyl (C=O) groups is 1. The van der Waals surface area contributed by atoms with E-state index in [-0.39, 0.29) is 5.91 Å². The highest BCUT2D eigenvalue weighted by molar-refractivity contribution is 5.95. The number of piperazine rings is 1. The van der Waals surface area contributed by atoms with Crippen LogP contribution in [-0.4, -0.2) is 43.8 Å². The van der Waals surface area contributed by atoms with Crippen LogP contribution in [0.1, 0.15) is 21.7 Å². The van der Waals surface area contributed by atoms with E-state index in [9.17, 15) is 4.79 Å². The Balaban J connectivity index is 1.35. The lowest BCUT2D eigenvalue weighted by molar-refractivity contribution is -0.917. The Morgan fingerprint density at radius 3 is 2.71 bits per heavy atom. The molecule has 1 N–H and O–H groups in total. The van der Waals surface area contributed by atoms with Crippen molar-refractivity contribution in [1.82, 2.24) is 4.90 Å². The number of hydrogen-bond donors (Lipinski definition) is 1. The van der Waals surface area contributed by atoms with E-state index in [1.165, 1.54) is 10.5 Å². The highest BCUT2D eigenvalue weighted by atomic mass is 16.7. The van der Waals surface area contributed by atoms with Crippen LogP contribution in [0.5, 0.6) is 11.5 Å². The van der Waals surface area contributed by atoms with Crippen LogP contribution in [0, 0.1) is 6.92 Å². The van der Waals surface area contributed by atoms with Gasteiger partial charge in [0, 0.05) is 5.56 Å². The molecule has 6 nitrogen and oxygen atoms in total. The molecule has 1 aromatic heterocycles. The largest absolute Gasteiger partial charge is 0.469 e. The quantitative estimate of drug-likeness (QED) is 0.907. The van der Waals surface area contributed by atoms with Gasteiger partial charge >= 0.3 is 0 Å². The topological polar surface area (TPSA) is 56.4 Å². The molecule has 0 spiro atoms. The lowest BCUT2D eigenvalue weighted by atomic mass is 10.1. The first kappa shape index (κ1) is 15.1. The number of rotatable bonds is 3. The second-order valence-electron chi connectivity index (χ2n) is 6.30. The maximum atomic E-state index is 12.5. The summed E-state index contributed by atoms with van der Waals surface area (Å²) < 4.78 is 16.0. The molecule has 2 aromatic rings. The molecule has 1 saturated heterocycles. The Hall–Kier alpha value is -2.47. The van der Waals surface area contributed by atoms with Gasteiger partial charge in [-0.1, -0.05) is 0 Å². The number of furan rings is 1. The molecule has 126 valence electrons. The number of nitrogens with zero attached hydrogens (tertiary/aromatic N) is 1. The van der Waals surface area contributed by atoms with Crippen LogP contribution in [0.25, 0.3) is 0 Å². The van der Waals surface area contributed by atoms with Gasteiger partial charge in [-0.15, -0.1) is 0 Å². The lowest BCUT2D eigenvalue weighted by Crippen LogP contribution is -3.13. The fourth-order valence-corrected chi connectivity index (χ4v) is 3.32. The number of ether oxygens (including phenoxy) is 2. The number of fused-ring (bicyclic) bond motifs is 1. The predicted molar refractivity (Wildman–Crippen MR) is 86.3 cm³/mol. The van der Waals surface area contributed by atoms with E-state index in [2.05, 4.69) is 12.1 Å². The predicted octanol–water partition coefficient (Wildman–Crippen LogP) is 0.858. The number of benzene rings is 1. The fourth-order valence-electron chi connectivity index (χ4n) is 3.32. The molecule has 2 aliphatic heterocycles. The molecule has 1 amide bonds. The summed E-state index contributed by atoms with van der Waals surface area (Å²) in [5.74, 6) is 2.41. The van der Waals surface area contributed by atoms with Crippen LogP contribution in [-0.2, 0) is 6.54 Å². The van der Waals surface area contributed by atoms with Gasteiger partial charge in [-0.3, -0.25) is 4.79 Å². The number of hydrogen-bond acceptors (Lipinski definition) is 4. The minimum absolute atomic E-state index is 0.0726. The van der Waals surface area contributed by atoms with Crippen LogP contribution in [0.2, 0.25) is 0 Å². The molecule has 0 unspecified atom stereocenters. The molecule has 2 aliphatic rings. The van der Waals surface area contributed by atoms with Gasteiger partial charge in [-0.2, -0.15) is 0 Å². The molecular weight excluding hydrogens is 308 g/mol. The second-order valence-corrected chi connectivity index (χ2v) is 6.30. The van der Waals surface area contributed by atoms with E-state index in [1.54, 1.807) is 12.3 Å². The number of carbonyl (C=O) groups excluding carboxylic acids is 1. The third kappa shape index (κ3) is 2.85. The first-order valence-corrected chi connectivity index (χ1v) is 8.26. The minimum Gasteiger partial charge on any atom is -0.469 e. The molecule has 4 rings (SSSR count). The van der Waals surface area contributed by atoms with Crippen LogP contribution in [0.4, 0.5) is 0 Å². The van der Waals surface area contributed by atoms with E-state index in [4.69, 9.17) is 13.9 Å². The van der Waals surface area contributed by atoms with Crippen LogP contribution >= 0.6 is 0 Å². The molecule has 0 radical (unpaired) electrons. The summed E-state index contributed by atoms with van der Waals surface area (Å²) in [5.41, 5.74) is 1.91. The molecule has 1 fully saturated rings. The monoisotopic (exact) mass is 329 g/mol. The Labute approximate surface area is 140 Å². The average Bonchev–Trinajstić information content (AvgIpc) is 3.23. The molecule has 1 aromatic carbocycles. The zero-order valence-corrected chi connectivity index (χ0v) is 13.7. The Morgan fingerprint density at radius 2 is 1.96 bits per heavy atom. The first-order chi connectivity index (χ1) is 11.7. The van der Waals surface area contributed by atoms with Crippen molar-refractivity contribution in [2.24, 2.45) is 0 Å². The molecule has 0 bridgehead atoms. The summed E-state index contributed by atoms with van der Waals surface area (Å²) in [7, 11) is 0. The Morgan fingerprint density at radius 1 is 1.17 bits per heavy atom. The Kier molecular flexibility index (Phi) is 3.90.